The maximum absolute atomic E-state index is 9.27. The summed E-state index contributed by atoms with van der Waals surface area (Å²) in [5, 5.41) is 12.5. The predicted octanol–water partition coefficient (Wildman–Crippen LogP) is 1.05. The van der Waals surface area contributed by atoms with Crippen molar-refractivity contribution in [2.45, 2.75) is 6.10 Å². The van der Waals surface area contributed by atoms with Crippen LogP contribution in [-0.2, 0) is 4.74 Å². The van der Waals surface area contributed by atoms with E-state index in [-0.39, 0.29) is 6.10 Å². The number of ether oxygens (including phenoxy) is 1. The molecule has 1 fully saturated rings. The Morgan fingerprint density at radius 3 is 3.08 bits per heavy atom. The number of morpholine rings is 1. The van der Waals surface area contributed by atoms with Gasteiger partial charge in [-0.1, -0.05) is 12.1 Å². The minimum atomic E-state index is 0.0841. The molecule has 0 unspecified atom stereocenters. The van der Waals surface area contributed by atoms with Gasteiger partial charge in [0, 0.05) is 13.1 Å². The van der Waals surface area contributed by atoms with E-state index in [0.29, 0.717) is 5.75 Å². The molecular weight excluding hydrogens is 166 g/mol. The monoisotopic (exact) mass is 179 g/mol. The number of nitrogens with one attached hydrogen (secondary N) is 1. The van der Waals surface area contributed by atoms with Crippen LogP contribution >= 0.6 is 0 Å². The highest BCUT2D eigenvalue weighted by Gasteiger charge is 2.15. The molecule has 0 amide bonds. The van der Waals surface area contributed by atoms with E-state index in [9.17, 15) is 5.11 Å². The number of benzene rings is 1. The highest BCUT2D eigenvalue weighted by molar-refractivity contribution is 5.29. The molecule has 0 saturated carbocycles. The molecule has 1 atom stereocenters. The third-order valence-corrected chi connectivity index (χ3v) is 2.17. The molecule has 0 aliphatic carbocycles. The topological polar surface area (TPSA) is 41.5 Å². The Morgan fingerprint density at radius 2 is 2.38 bits per heavy atom. The summed E-state index contributed by atoms with van der Waals surface area (Å²) in [4.78, 5) is 0. The van der Waals surface area contributed by atoms with Crippen molar-refractivity contribution in [2.75, 3.05) is 19.7 Å². The number of aromatic hydroxyl groups is 1. The summed E-state index contributed by atoms with van der Waals surface area (Å²) >= 11 is 0. The number of hydrogen-bond acceptors (Lipinski definition) is 3. The fourth-order valence-electron chi connectivity index (χ4n) is 1.50. The SMILES string of the molecule is Oc1cccc([C@H]2CNCCO2)c1. The maximum Gasteiger partial charge on any atom is 0.115 e. The first-order chi connectivity index (χ1) is 6.36. The standard InChI is InChI=1S/C10H13NO2/c12-9-3-1-2-8(6-9)10-7-11-4-5-13-10/h1-3,6,10-12H,4-5,7H2/t10-/m1/s1. The zero-order valence-corrected chi connectivity index (χ0v) is 7.36. The first-order valence-corrected chi connectivity index (χ1v) is 4.47. The van der Waals surface area contributed by atoms with E-state index >= 15 is 0 Å². The second kappa shape index (κ2) is 3.77. The van der Waals surface area contributed by atoms with E-state index in [0.717, 1.165) is 25.3 Å². The van der Waals surface area contributed by atoms with Gasteiger partial charge < -0.3 is 15.2 Å². The van der Waals surface area contributed by atoms with Crippen LogP contribution in [0.4, 0.5) is 0 Å². The molecule has 13 heavy (non-hydrogen) atoms. The van der Waals surface area contributed by atoms with Gasteiger partial charge in [-0.05, 0) is 17.7 Å². The van der Waals surface area contributed by atoms with Crippen LogP contribution in [0.3, 0.4) is 0 Å². The molecule has 2 N–H and O–H groups in total. The van der Waals surface area contributed by atoms with Crippen LogP contribution in [-0.4, -0.2) is 24.8 Å². The first kappa shape index (κ1) is 8.53. The van der Waals surface area contributed by atoms with Crippen LogP contribution in [0.1, 0.15) is 11.7 Å². The van der Waals surface area contributed by atoms with Gasteiger partial charge in [-0.15, -0.1) is 0 Å². The van der Waals surface area contributed by atoms with Crippen molar-refractivity contribution in [2.24, 2.45) is 0 Å². The van der Waals surface area contributed by atoms with Gasteiger partial charge in [0.2, 0.25) is 0 Å². The summed E-state index contributed by atoms with van der Waals surface area (Å²) in [6, 6.07) is 7.22. The lowest BCUT2D eigenvalue weighted by Crippen LogP contribution is -2.33. The molecule has 0 aromatic heterocycles. The first-order valence-electron chi connectivity index (χ1n) is 4.47. The van der Waals surface area contributed by atoms with Gasteiger partial charge in [0.15, 0.2) is 0 Å². The van der Waals surface area contributed by atoms with Crippen LogP contribution in [0.5, 0.6) is 5.75 Å². The van der Waals surface area contributed by atoms with Crippen molar-refractivity contribution in [3.05, 3.63) is 29.8 Å². The molecule has 0 spiro atoms. The quantitative estimate of drug-likeness (QED) is 0.677. The number of phenolic OH excluding ortho intramolecular Hbond substituents is 1. The number of hydrogen-bond donors (Lipinski definition) is 2. The van der Waals surface area contributed by atoms with Crippen LogP contribution in [0.2, 0.25) is 0 Å². The molecule has 3 nitrogen and oxygen atoms in total. The van der Waals surface area contributed by atoms with E-state index in [1.807, 2.05) is 12.1 Å². The molecule has 1 aromatic carbocycles. The van der Waals surface area contributed by atoms with Crippen molar-refractivity contribution in [1.29, 1.82) is 0 Å². The molecule has 1 aliphatic heterocycles. The Labute approximate surface area is 77.3 Å². The minimum absolute atomic E-state index is 0.0841. The van der Waals surface area contributed by atoms with Crippen molar-refractivity contribution >= 4 is 0 Å². The Morgan fingerprint density at radius 1 is 1.46 bits per heavy atom. The lowest BCUT2D eigenvalue weighted by molar-refractivity contribution is 0.0276. The number of rotatable bonds is 1. The summed E-state index contributed by atoms with van der Waals surface area (Å²) in [6.07, 6.45) is 0.0841. The summed E-state index contributed by atoms with van der Waals surface area (Å²) in [6.45, 7) is 2.47. The third-order valence-electron chi connectivity index (χ3n) is 2.17. The molecule has 70 valence electrons. The van der Waals surface area contributed by atoms with Gasteiger partial charge in [0.25, 0.3) is 0 Å². The third kappa shape index (κ3) is 1.99. The van der Waals surface area contributed by atoms with Gasteiger partial charge >= 0.3 is 0 Å². The van der Waals surface area contributed by atoms with E-state index in [2.05, 4.69) is 5.32 Å². The largest absolute Gasteiger partial charge is 0.508 e. The molecule has 0 bridgehead atoms. The molecule has 1 aliphatic rings. The summed E-state index contributed by atoms with van der Waals surface area (Å²) in [7, 11) is 0. The molecule has 0 radical (unpaired) electrons. The summed E-state index contributed by atoms with van der Waals surface area (Å²) in [5.41, 5.74) is 1.03. The molecule has 1 aromatic rings. The Balaban J connectivity index is 2.14. The Kier molecular flexibility index (Phi) is 2.47. The zero-order valence-electron chi connectivity index (χ0n) is 7.36. The number of phenols is 1. The van der Waals surface area contributed by atoms with Crippen molar-refractivity contribution in [3.8, 4) is 5.75 Å². The fraction of sp³-hybridized carbons (Fsp3) is 0.400. The lowest BCUT2D eigenvalue weighted by Gasteiger charge is -2.23. The molecular formula is C10H13NO2. The molecule has 2 rings (SSSR count). The predicted molar refractivity (Wildman–Crippen MR) is 49.7 cm³/mol. The average molecular weight is 179 g/mol. The van der Waals surface area contributed by atoms with Gasteiger partial charge in [-0.2, -0.15) is 0 Å². The van der Waals surface area contributed by atoms with Crippen molar-refractivity contribution in [1.82, 2.24) is 5.32 Å². The highest BCUT2D eigenvalue weighted by atomic mass is 16.5. The average Bonchev–Trinajstić information content (AvgIpc) is 2.19. The van der Waals surface area contributed by atoms with Gasteiger partial charge in [0.1, 0.15) is 5.75 Å². The fourth-order valence-corrected chi connectivity index (χ4v) is 1.50. The lowest BCUT2D eigenvalue weighted by atomic mass is 10.1. The van der Waals surface area contributed by atoms with Crippen molar-refractivity contribution < 1.29 is 9.84 Å². The van der Waals surface area contributed by atoms with E-state index in [1.165, 1.54) is 0 Å². The highest BCUT2D eigenvalue weighted by Crippen LogP contribution is 2.21. The Bertz CT molecular complexity index is 282. The minimum Gasteiger partial charge on any atom is -0.508 e. The van der Waals surface area contributed by atoms with Crippen LogP contribution in [0.15, 0.2) is 24.3 Å². The zero-order chi connectivity index (χ0) is 9.10. The smallest absolute Gasteiger partial charge is 0.115 e. The Hall–Kier alpha value is -1.06. The summed E-state index contributed by atoms with van der Waals surface area (Å²) in [5.74, 6) is 0.298. The van der Waals surface area contributed by atoms with Crippen LogP contribution in [0.25, 0.3) is 0 Å². The normalized spacial score (nSPS) is 22.9. The molecule has 1 heterocycles. The second-order valence-electron chi connectivity index (χ2n) is 3.16. The maximum atomic E-state index is 9.27. The van der Waals surface area contributed by atoms with E-state index in [1.54, 1.807) is 12.1 Å². The second-order valence-corrected chi connectivity index (χ2v) is 3.16. The summed E-state index contributed by atoms with van der Waals surface area (Å²) < 4.78 is 5.55. The van der Waals surface area contributed by atoms with Gasteiger partial charge in [-0.3, -0.25) is 0 Å². The van der Waals surface area contributed by atoms with Crippen LogP contribution < -0.4 is 5.32 Å². The van der Waals surface area contributed by atoms with E-state index < -0.39 is 0 Å². The van der Waals surface area contributed by atoms with Crippen LogP contribution in [0, 0.1) is 0 Å². The van der Waals surface area contributed by atoms with Gasteiger partial charge in [0.05, 0.1) is 12.7 Å². The van der Waals surface area contributed by atoms with Crippen molar-refractivity contribution in [3.63, 3.8) is 0 Å². The molecule has 3 heteroatoms. The van der Waals surface area contributed by atoms with E-state index in [4.69, 9.17) is 4.74 Å². The molecule has 1 saturated heterocycles. The van der Waals surface area contributed by atoms with Gasteiger partial charge in [-0.25, -0.2) is 0 Å².